The van der Waals surface area contributed by atoms with Gasteiger partial charge in [0.15, 0.2) is 0 Å². The second-order valence-electron chi connectivity index (χ2n) is 9.48. The Kier molecular flexibility index (Phi) is 3.05. The summed E-state index contributed by atoms with van der Waals surface area (Å²) in [6.07, 6.45) is 0. The van der Waals surface area contributed by atoms with Crippen molar-refractivity contribution < 1.29 is 17.8 Å². The second kappa shape index (κ2) is 9.22. The van der Waals surface area contributed by atoms with Gasteiger partial charge in [-0.05, 0) is 76.5 Å². The van der Waals surface area contributed by atoms with Gasteiger partial charge in [-0.25, -0.2) is 0 Å². The number of fused-ring (bicyclic) bond motifs is 4. The van der Waals surface area contributed by atoms with Gasteiger partial charge in [-0.1, -0.05) is 157 Å². The molecule has 8 aromatic rings. The molecule has 186 valence electrons. The van der Waals surface area contributed by atoms with Crippen LogP contribution in [0.2, 0.25) is 0 Å². The monoisotopic (exact) mass is 519 g/mol. The van der Waals surface area contributed by atoms with Crippen LogP contribution in [0.3, 0.4) is 0 Å². The van der Waals surface area contributed by atoms with Crippen LogP contribution < -0.4 is 0 Å². The lowest BCUT2D eigenvalue weighted by molar-refractivity contribution is 1.66. The minimum Gasteiger partial charge on any atom is -0.0622 e. The molecule has 0 aliphatic carbocycles. The van der Waals surface area contributed by atoms with Crippen LogP contribution in [0.4, 0.5) is 0 Å². The van der Waals surface area contributed by atoms with Gasteiger partial charge in [0.2, 0.25) is 0 Å². The van der Waals surface area contributed by atoms with Crippen molar-refractivity contribution in [3.8, 4) is 33.4 Å². The third kappa shape index (κ3) is 3.47. The molecule has 0 saturated carbocycles. The minimum atomic E-state index is -0.705. The molecule has 0 amide bonds. The van der Waals surface area contributed by atoms with Gasteiger partial charge in [-0.15, -0.1) is 0 Å². The highest BCUT2D eigenvalue weighted by Gasteiger charge is 2.18. The van der Waals surface area contributed by atoms with E-state index < -0.39 is 84.1 Å². The first-order valence-electron chi connectivity index (χ1n) is 19.3. The van der Waals surface area contributed by atoms with Gasteiger partial charge in [-0.2, -0.15) is 0 Å². The normalized spacial score (nSPS) is 16.1. The Hall–Kier alpha value is -5.20. The summed E-state index contributed by atoms with van der Waals surface area (Å²) in [7, 11) is 0. The number of hydrogen-bond acceptors (Lipinski definition) is 0. The van der Waals surface area contributed by atoms with Crippen molar-refractivity contribution in [2.75, 3.05) is 0 Å². The summed E-state index contributed by atoms with van der Waals surface area (Å²) in [4.78, 5) is 0. The van der Waals surface area contributed by atoms with E-state index in [9.17, 15) is 5.48 Å². The molecule has 8 rings (SSSR count). The zero-order valence-electron chi connectivity index (χ0n) is 34.0. The van der Waals surface area contributed by atoms with Crippen molar-refractivity contribution in [3.05, 3.63) is 157 Å². The van der Waals surface area contributed by atoms with E-state index in [1.807, 2.05) is 66.7 Å². The maximum Gasteiger partial charge on any atom is 0.0629 e. The zero-order valence-corrected chi connectivity index (χ0v) is 21.0. The summed E-state index contributed by atoms with van der Waals surface area (Å²) in [6.45, 7) is 0. The van der Waals surface area contributed by atoms with Crippen molar-refractivity contribution in [3.63, 3.8) is 0 Å². The Bertz CT molecular complexity index is 2820. The summed E-state index contributed by atoms with van der Waals surface area (Å²) in [5.74, 6) is 0. The molecular formula is C40H26. The van der Waals surface area contributed by atoms with Crippen LogP contribution in [0.15, 0.2) is 157 Å². The molecule has 0 nitrogen and oxygen atoms in total. The quantitative estimate of drug-likeness (QED) is 0.204. The second-order valence-corrected chi connectivity index (χ2v) is 9.48. The molecule has 0 aromatic heterocycles. The molecule has 0 spiro atoms. The highest BCUT2D eigenvalue weighted by atomic mass is 14.2. The SMILES string of the molecule is [2H]c1c([2H])c([2H])c(-c2c3c([2H])c([2H])c([2H])c([2H])c3c(-c3cccc4c(-c5cccc6ccccc56)cccc34)c3c([2H])c([2H])c([2H])c([2H])c23)c([2H])c1[2H]. The van der Waals surface area contributed by atoms with Crippen molar-refractivity contribution in [1.82, 2.24) is 0 Å². The van der Waals surface area contributed by atoms with E-state index in [4.69, 9.17) is 12.3 Å². The van der Waals surface area contributed by atoms with Gasteiger partial charge < -0.3 is 0 Å². The van der Waals surface area contributed by atoms with Gasteiger partial charge in [0.1, 0.15) is 0 Å². The van der Waals surface area contributed by atoms with Crippen LogP contribution >= 0.6 is 0 Å². The Morgan fingerprint density at radius 2 is 0.775 bits per heavy atom. The highest BCUT2D eigenvalue weighted by Crippen LogP contribution is 2.46. The van der Waals surface area contributed by atoms with E-state index in [0.29, 0.717) is 10.9 Å². The van der Waals surface area contributed by atoms with Gasteiger partial charge in [0.25, 0.3) is 0 Å². The average Bonchev–Trinajstić information content (AvgIpc) is 3.17. The molecule has 0 unspecified atom stereocenters. The van der Waals surface area contributed by atoms with Crippen LogP contribution in [0.1, 0.15) is 17.8 Å². The number of benzene rings is 8. The minimum absolute atomic E-state index is 0.103. The first-order chi connectivity index (χ1) is 25.3. The Morgan fingerprint density at radius 3 is 1.45 bits per heavy atom. The van der Waals surface area contributed by atoms with Crippen LogP contribution in [0.5, 0.6) is 0 Å². The maximum atomic E-state index is 9.29. The average molecular weight is 520 g/mol. The van der Waals surface area contributed by atoms with Crippen LogP contribution in [-0.2, 0) is 0 Å². The molecule has 0 N–H and O–H groups in total. The van der Waals surface area contributed by atoms with E-state index in [2.05, 4.69) is 0 Å². The molecule has 40 heavy (non-hydrogen) atoms. The molecule has 0 aliphatic rings. The first kappa shape index (κ1) is 13.2. The van der Waals surface area contributed by atoms with E-state index in [-0.39, 0.29) is 32.7 Å². The Morgan fingerprint density at radius 1 is 0.325 bits per heavy atom. The summed E-state index contributed by atoms with van der Waals surface area (Å²) in [5, 5.41) is 2.76. The number of rotatable bonds is 3. The van der Waals surface area contributed by atoms with Gasteiger partial charge in [0.05, 0.1) is 17.8 Å². The van der Waals surface area contributed by atoms with E-state index >= 15 is 0 Å². The van der Waals surface area contributed by atoms with Gasteiger partial charge in [-0.3, -0.25) is 0 Å². The summed E-state index contributed by atoms with van der Waals surface area (Å²) in [6, 6.07) is 16.9. The zero-order chi connectivity index (χ0) is 37.8. The molecule has 0 radical (unpaired) electrons. The standard InChI is InChI=1S/C40H26/c1-2-14-28(15-3-1)39-35-18-6-8-20-37(35)40(38-21-9-7-19-36(38)39)34-26-12-24-32-31(23-11-25-33(32)34)30-22-10-16-27-13-4-5-17-29(27)30/h1-26H/i1D,2D,3D,6D,7D,8D,9D,14D,15D,18D,19D,20D,21D. The van der Waals surface area contributed by atoms with Crippen molar-refractivity contribution in [2.24, 2.45) is 0 Å². The lowest BCUT2D eigenvalue weighted by Crippen LogP contribution is -1.92. The van der Waals surface area contributed by atoms with E-state index in [0.717, 1.165) is 27.3 Å². The Labute approximate surface area is 252 Å². The van der Waals surface area contributed by atoms with Crippen LogP contribution in [-0.4, -0.2) is 0 Å². The van der Waals surface area contributed by atoms with Crippen LogP contribution in [0, 0.1) is 0 Å². The molecule has 0 aliphatic heterocycles. The maximum absolute atomic E-state index is 9.29. The first-order valence-corrected chi connectivity index (χ1v) is 12.8. The molecule has 0 atom stereocenters. The van der Waals surface area contributed by atoms with Crippen molar-refractivity contribution in [1.29, 1.82) is 0 Å². The fraction of sp³-hybridized carbons (Fsp3) is 0. The largest absolute Gasteiger partial charge is 0.0629 e. The third-order valence-corrected chi connectivity index (χ3v) is 7.40. The molecule has 0 fully saturated rings. The molecule has 8 aromatic carbocycles. The predicted molar refractivity (Wildman–Crippen MR) is 173 cm³/mol. The van der Waals surface area contributed by atoms with Crippen molar-refractivity contribution in [2.45, 2.75) is 0 Å². The molecule has 0 saturated heterocycles. The van der Waals surface area contributed by atoms with E-state index in [1.54, 1.807) is 12.1 Å². The number of hydrogen-bond donors (Lipinski definition) is 0. The van der Waals surface area contributed by atoms with E-state index in [1.165, 1.54) is 0 Å². The molecule has 0 heterocycles. The summed E-state index contributed by atoms with van der Waals surface area (Å²) < 4.78 is 115. The van der Waals surface area contributed by atoms with Gasteiger partial charge in [0, 0.05) is 0 Å². The third-order valence-electron chi connectivity index (χ3n) is 7.40. The van der Waals surface area contributed by atoms with Crippen molar-refractivity contribution >= 4 is 43.1 Å². The predicted octanol–water partition coefficient (Wildman–Crippen LogP) is 11.3. The Balaban J connectivity index is 1.66. The van der Waals surface area contributed by atoms with Gasteiger partial charge >= 0.3 is 0 Å². The summed E-state index contributed by atoms with van der Waals surface area (Å²) >= 11 is 0. The highest BCUT2D eigenvalue weighted by molar-refractivity contribution is 6.24. The topological polar surface area (TPSA) is 0 Å². The molecule has 0 heteroatoms. The fourth-order valence-corrected chi connectivity index (χ4v) is 5.74. The lowest BCUT2D eigenvalue weighted by atomic mass is 9.84. The molecular weight excluding hydrogens is 480 g/mol. The molecule has 0 bridgehead atoms. The van der Waals surface area contributed by atoms with Crippen LogP contribution in [0.25, 0.3) is 76.5 Å². The lowest BCUT2D eigenvalue weighted by Gasteiger charge is -2.19. The summed E-state index contributed by atoms with van der Waals surface area (Å²) in [5.41, 5.74) is 1.60. The smallest absolute Gasteiger partial charge is 0.0622 e. The fourth-order valence-electron chi connectivity index (χ4n) is 5.74.